The molecular weight excluding hydrogens is 510 g/mol. The van der Waals surface area contributed by atoms with Gasteiger partial charge in [0.05, 0.1) is 5.69 Å². The number of aromatic nitrogens is 2. The highest BCUT2D eigenvalue weighted by atomic mass is 16.2. The van der Waals surface area contributed by atoms with Gasteiger partial charge in [-0.3, -0.25) is 4.79 Å². The summed E-state index contributed by atoms with van der Waals surface area (Å²) in [5.41, 5.74) is 7.60. The van der Waals surface area contributed by atoms with Gasteiger partial charge in [0.2, 0.25) is 5.91 Å². The van der Waals surface area contributed by atoms with Crippen molar-refractivity contribution in [2.24, 2.45) is 5.92 Å². The molecule has 210 valence electrons. The van der Waals surface area contributed by atoms with Crippen LogP contribution in [0.3, 0.4) is 0 Å². The van der Waals surface area contributed by atoms with Crippen molar-refractivity contribution < 1.29 is 9.59 Å². The third-order valence-electron chi connectivity index (χ3n) is 8.01. The van der Waals surface area contributed by atoms with Crippen LogP contribution in [-0.2, 0) is 24.3 Å². The molecule has 6 rings (SSSR count). The van der Waals surface area contributed by atoms with Crippen molar-refractivity contribution in [2.75, 3.05) is 6.54 Å². The van der Waals surface area contributed by atoms with Crippen molar-refractivity contribution >= 4 is 11.9 Å². The molecule has 1 fully saturated rings. The highest BCUT2D eigenvalue weighted by Crippen LogP contribution is 2.47. The average molecular weight is 548 g/mol. The summed E-state index contributed by atoms with van der Waals surface area (Å²) in [5.74, 6) is 0.416. The third kappa shape index (κ3) is 5.89. The highest BCUT2D eigenvalue weighted by Gasteiger charge is 2.43. The molecule has 1 aliphatic carbocycles. The summed E-state index contributed by atoms with van der Waals surface area (Å²) in [5, 5.41) is 10.7. The van der Waals surface area contributed by atoms with E-state index in [2.05, 4.69) is 58.2 Å². The zero-order chi connectivity index (χ0) is 28.6. The van der Waals surface area contributed by atoms with Gasteiger partial charge in [0.15, 0.2) is 0 Å². The Hall–Kier alpha value is -4.39. The molecule has 0 bridgehead atoms. The van der Waals surface area contributed by atoms with E-state index in [1.54, 1.807) is 6.20 Å². The van der Waals surface area contributed by atoms with E-state index >= 15 is 0 Å². The van der Waals surface area contributed by atoms with Crippen LogP contribution in [0.25, 0.3) is 16.8 Å². The van der Waals surface area contributed by atoms with Crippen molar-refractivity contribution in [3.8, 4) is 16.8 Å². The lowest BCUT2D eigenvalue weighted by Gasteiger charge is -2.34. The number of carbonyl (C=O) groups excluding carboxylic acids is 2. The van der Waals surface area contributed by atoms with Gasteiger partial charge in [0.25, 0.3) is 0 Å². The summed E-state index contributed by atoms with van der Waals surface area (Å²) < 4.78 is 1.86. The van der Waals surface area contributed by atoms with Crippen LogP contribution in [-0.4, -0.2) is 38.7 Å². The monoisotopic (exact) mass is 547 g/mol. The second-order valence-electron chi connectivity index (χ2n) is 12.2. The van der Waals surface area contributed by atoms with E-state index < -0.39 is 0 Å². The Labute approximate surface area is 241 Å². The molecule has 0 radical (unpaired) electrons. The second-order valence-corrected chi connectivity index (χ2v) is 12.2. The van der Waals surface area contributed by atoms with Crippen molar-refractivity contribution in [1.29, 1.82) is 0 Å². The van der Waals surface area contributed by atoms with E-state index in [0.717, 1.165) is 40.8 Å². The van der Waals surface area contributed by atoms with Gasteiger partial charge in [-0.25, -0.2) is 9.48 Å². The molecule has 2 heterocycles. The first-order valence-electron chi connectivity index (χ1n) is 14.4. The number of carbonyl (C=O) groups is 2. The van der Waals surface area contributed by atoms with E-state index in [4.69, 9.17) is 0 Å². The molecule has 2 N–H and O–H groups in total. The molecule has 2 atom stereocenters. The minimum absolute atomic E-state index is 0.0200. The predicted molar refractivity (Wildman–Crippen MR) is 161 cm³/mol. The lowest BCUT2D eigenvalue weighted by Crippen LogP contribution is -2.50. The standard InChI is InChI=1S/C34H37N5O2/c1-34(2,3)37-33(41)38-18-15-28-27(24-11-7-12-26(19-24)39-17-8-16-36-39)14-13-25(31(28)22-38)21-35-32(40)30-20-29(30)23-9-5-4-6-10-23/h4-14,16-17,19,29-30H,15,18,20-22H2,1-3H3,(H,35,40)(H,37,41)/t29-,30+/m0/s1. The smallest absolute Gasteiger partial charge is 0.318 e. The fourth-order valence-corrected chi connectivity index (χ4v) is 5.85. The van der Waals surface area contributed by atoms with Crippen LogP contribution >= 0.6 is 0 Å². The number of nitrogens with zero attached hydrogens (tertiary/aromatic N) is 3. The minimum atomic E-state index is -0.317. The van der Waals surface area contributed by atoms with Gasteiger partial charge in [-0.1, -0.05) is 54.6 Å². The van der Waals surface area contributed by atoms with Gasteiger partial charge < -0.3 is 15.5 Å². The molecule has 0 unspecified atom stereocenters. The van der Waals surface area contributed by atoms with Crippen LogP contribution in [0.1, 0.15) is 55.4 Å². The quantitative estimate of drug-likeness (QED) is 0.319. The third-order valence-corrected chi connectivity index (χ3v) is 8.01. The fourth-order valence-electron chi connectivity index (χ4n) is 5.85. The largest absolute Gasteiger partial charge is 0.352 e. The molecule has 2 aliphatic rings. The van der Waals surface area contributed by atoms with Crippen molar-refractivity contribution in [3.63, 3.8) is 0 Å². The normalized spacial score (nSPS) is 18.0. The van der Waals surface area contributed by atoms with Gasteiger partial charge >= 0.3 is 6.03 Å². The Kier molecular flexibility index (Phi) is 7.12. The van der Waals surface area contributed by atoms with Gasteiger partial charge in [-0.15, -0.1) is 0 Å². The number of nitrogens with one attached hydrogen (secondary N) is 2. The fraction of sp³-hybridized carbons (Fsp3) is 0.324. The summed E-state index contributed by atoms with van der Waals surface area (Å²) in [7, 11) is 0. The van der Waals surface area contributed by atoms with Gasteiger partial charge in [-0.05, 0) is 91.1 Å². The summed E-state index contributed by atoms with van der Waals surface area (Å²) in [6, 6.07) is 24.8. The molecule has 3 amide bonds. The molecule has 41 heavy (non-hydrogen) atoms. The minimum Gasteiger partial charge on any atom is -0.352 e. The Morgan fingerprint density at radius 3 is 2.56 bits per heavy atom. The van der Waals surface area contributed by atoms with Crippen LogP contribution in [0, 0.1) is 5.92 Å². The number of rotatable bonds is 6. The van der Waals surface area contributed by atoms with Gasteiger partial charge in [0.1, 0.15) is 0 Å². The second kappa shape index (κ2) is 10.9. The summed E-state index contributed by atoms with van der Waals surface area (Å²) >= 11 is 0. The number of benzene rings is 3. The Balaban J connectivity index is 1.27. The van der Waals surface area contributed by atoms with Gasteiger partial charge in [0, 0.05) is 43.5 Å². The topological polar surface area (TPSA) is 79.3 Å². The molecule has 1 saturated carbocycles. The number of amides is 3. The Morgan fingerprint density at radius 1 is 0.976 bits per heavy atom. The maximum absolute atomic E-state index is 13.1. The molecule has 4 aromatic rings. The van der Waals surface area contributed by atoms with Crippen molar-refractivity contribution in [2.45, 2.75) is 58.2 Å². The first kappa shape index (κ1) is 26.8. The van der Waals surface area contributed by atoms with Crippen molar-refractivity contribution in [1.82, 2.24) is 25.3 Å². The van der Waals surface area contributed by atoms with E-state index in [0.29, 0.717) is 25.6 Å². The molecule has 0 spiro atoms. The first-order chi connectivity index (χ1) is 19.8. The van der Waals surface area contributed by atoms with Crippen LogP contribution in [0.5, 0.6) is 0 Å². The summed E-state index contributed by atoms with van der Waals surface area (Å²) in [6.07, 6.45) is 5.35. The predicted octanol–water partition coefficient (Wildman–Crippen LogP) is 5.83. The molecule has 7 nitrogen and oxygen atoms in total. The number of fused-ring (bicyclic) bond motifs is 1. The lowest BCUT2D eigenvalue weighted by molar-refractivity contribution is -0.122. The Bertz CT molecular complexity index is 1560. The Morgan fingerprint density at radius 2 is 1.80 bits per heavy atom. The van der Waals surface area contributed by atoms with E-state index in [-0.39, 0.29) is 23.4 Å². The van der Waals surface area contributed by atoms with Crippen LogP contribution in [0.4, 0.5) is 4.79 Å². The number of urea groups is 1. The highest BCUT2D eigenvalue weighted by molar-refractivity contribution is 5.83. The molecule has 1 aromatic heterocycles. The first-order valence-corrected chi connectivity index (χ1v) is 14.4. The molecular formula is C34H37N5O2. The van der Waals surface area contributed by atoms with E-state index in [9.17, 15) is 9.59 Å². The van der Waals surface area contributed by atoms with E-state index in [1.165, 1.54) is 11.1 Å². The van der Waals surface area contributed by atoms with Crippen LogP contribution in [0.15, 0.2) is 85.2 Å². The van der Waals surface area contributed by atoms with Crippen molar-refractivity contribution in [3.05, 3.63) is 107 Å². The summed E-state index contributed by atoms with van der Waals surface area (Å²) in [6.45, 7) is 7.57. The van der Waals surface area contributed by atoms with Crippen LogP contribution < -0.4 is 10.6 Å². The SMILES string of the molecule is CC(C)(C)NC(=O)N1CCc2c(-c3cccc(-n4cccn4)c3)ccc(CNC(=O)[C@@H]3C[C@H]3c3ccccc3)c2C1. The lowest BCUT2D eigenvalue weighted by atomic mass is 9.87. The number of hydrogen-bond donors (Lipinski definition) is 2. The maximum Gasteiger partial charge on any atom is 0.318 e. The van der Waals surface area contributed by atoms with E-state index in [1.807, 2.05) is 66.9 Å². The molecule has 3 aromatic carbocycles. The molecule has 1 aliphatic heterocycles. The zero-order valence-corrected chi connectivity index (χ0v) is 23.9. The average Bonchev–Trinajstić information content (AvgIpc) is 3.59. The van der Waals surface area contributed by atoms with Crippen LogP contribution in [0.2, 0.25) is 0 Å². The zero-order valence-electron chi connectivity index (χ0n) is 23.9. The molecule has 7 heteroatoms. The number of hydrogen-bond acceptors (Lipinski definition) is 3. The summed E-state index contributed by atoms with van der Waals surface area (Å²) in [4.78, 5) is 28.1. The van der Waals surface area contributed by atoms with Gasteiger partial charge in [-0.2, -0.15) is 5.10 Å². The molecule has 0 saturated heterocycles. The maximum atomic E-state index is 13.1.